The van der Waals surface area contributed by atoms with Gasteiger partial charge in [-0.1, -0.05) is 20.3 Å². The quantitative estimate of drug-likeness (QED) is 0.310. The average Bonchev–Trinajstić information content (AvgIpc) is 2.99. The second-order valence-corrected chi connectivity index (χ2v) is 8.48. The minimum Gasteiger partial charge on any atom is -0.353 e. The Balaban J connectivity index is 0.00000436. The number of hydrogen-bond acceptors (Lipinski definition) is 7. The Morgan fingerprint density at radius 3 is 2.39 bits per heavy atom. The second kappa shape index (κ2) is 15.8. The molecule has 0 bridgehead atoms. The summed E-state index contributed by atoms with van der Waals surface area (Å²) in [6.45, 7) is 5.96. The highest BCUT2D eigenvalue weighted by Crippen LogP contribution is 2.25. The number of nitrogens with one attached hydrogen (secondary N) is 1. The molecule has 1 saturated heterocycles. The van der Waals surface area contributed by atoms with Crippen LogP contribution in [-0.4, -0.2) is 83.4 Å². The molecular weight excluding hydrogens is 420 g/mol. The van der Waals surface area contributed by atoms with Gasteiger partial charge >= 0.3 is 0 Å². The highest BCUT2D eigenvalue weighted by atomic mass is 32.2. The number of thioether (sulfide) groups is 1. The van der Waals surface area contributed by atoms with Crippen LogP contribution in [0.5, 0.6) is 0 Å². The molecule has 0 aliphatic carbocycles. The molecule has 10 heteroatoms. The number of imide groups is 1. The summed E-state index contributed by atoms with van der Waals surface area (Å²) in [4.78, 5) is 61.9. The average molecular weight is 459 g/mol. The first-order valence-electron chi connectivity index (χ1n) is 10.8. The number of hydrogen-bond donors (Lipinski definition) is 2. The highest BCUT2D eigenvalue weighted by molar-refractivity contribution is 8.00. The van der Waals surface area contributed by atoms with Gasteiger partial charge in [-0.3, -0.25) is 28.9 Å². The molecule has 9 nitrogen and oxygen atoms in total. The van der Waals surface area contributed by atoms with E-state index in [4.69, 9.17) is 5.73 Å². The molecule has 2 atom stereocenters. The number of likely N-dealkylation sites (N-methyl/N-ethyl adjacent to an activating group) is 1. The maximum atomic E-state index is 12.4. The van der Waals surface area contributed by atoms with Crippen LogP contribution in [0.4, 0.5) is 0 Å². The van der Waals surface area contributed by atoms with E-state index in [1.54, 1.807) is 0 Å². The lowest BCUT2D eigenvalue weighted by Gasteiger charge is -2.26. The number of rotatable bonds is 13. The third kappa shape index (κ3) is 10.3. The van der Waals surface area contributed by atoms with Crippen molar-refractivity contribution in [3.05, 3.63) is 0 Å². The molecule has 0 aromatic carbocycles. The van der Waals surface area contributed by atoms with Gasteiger partial charge in [0.2, 0.25) is 23.6 Å². The summed E-state index contributed by atoms with van der Waals surface area (Å²) in [7, 11) is 3.04. The third-order valence-corrected chi connectivity index (χ3v) is 6.08. The Bertz CT molecular complexity index is 629. The maximum Gasteiger partial charge on any atom is 0.243 e. The monoisotopic (exact) mass is 458 g/mol. The van der Waals surface area contributed by atoms with Crippen molar-refractivity contribution in [2.45, 2.75) is 70.6 Å². The Morgan fingerprint density at radius 2 is 1.87 bits per heavy atom. The molecule has 1 aliphatic rings. The number of carbonyl (C=O) groups is 5. The number of nitrogens with two attached hydrogens (primary N) is 1. The standard InChI is InChI=1S/C19H32N4O5S.C2H6/c1-13(24)11-14(18(27)21-9-8-20)22(2)16(25)7-5-4-6-10-29-15-12-17(26)23(3)19(15)28;1-2/h14-15H,4-12,20H2,1-3H3,(H,21,27);1-2H3/t14-,15?;/m0./s1. The Kier molecular flexibility index (Phi) is 14.8. The van der Waals surface area contributed by atoms with Crippen LogP contribution in [0.2, 0.25) is 0 Å². The summed E-state index contributed by atoms with van der Waals surface area (Å²) >= 11 is 1.48. The number of unbranched alkanes of at least 4 members (excludes halogenated alkanes) is 2. The van der Waals surface area contributed by atoms with E-state index in [-0.39, 0.29) is 67.0 Å². The molecule has 4 amide bonds. The van der Waals surface area contributed by atoms with E-state index in [0.717, 1.165) is 18.6 Å². The van der Waals surface area contributed by atoms with E-state index in [2.05, 4.69) is 5.32 Å². The van der Waals surface area contributed by atoms with Crippen LogP contribution in [0.15, 0.2) is 0 Å². The van der Waals surface area contributed by atoms with Gasteiger partial charge in [-0.05, 0) is 25.5 Å². The SMILES string of the molecule is CC.CC(=O)C[C@@H](C(=O)NCCN)N(C)C(=O)CCCCCSC1CC(=O)N(C)C1=O. The van der Waals surface area contributed by atoms with Crippen LogP contribution in [0.3, 0.4) is 0 Å². The van der Waals surface area contributed by atoms with E-state index in [0.29, 0.717) is 6.42 Å². The van der Waals surface area contributed by atoms with Gasteiger partial charge in [-0.25, -0.2) is 0 Å². The van der Waals surface area contributed by atoms with Gasteiger partial charge < -0.3 is 16.0 Å². The molecular formula is C21H38N4O5S. The zero-order valence-electron chi connectivity index (χ0n) is 19.4. The molecule has 0 spiro atoms. The predicted molar refractivity (Wildman–Crippen MR) is 122 cm³/mol. The topological polar surface area (TPSA) is 130 Å². The number of carbonyl (C=O) groups excluding carboxylic acids is 5. The van der Waals surface area contributed by atoms with E-state index in [1.807, 2.05) is 13.8 Å². The molecule has 1 heterocycles. The molecule has 31 heavy (non-hydrogen) atoms. The van der Waals surface area contributed by atoms with Gasteiger partial charge in [0, 0.05) is 46.4 Å². The van der Waals surface area contributed by atoms with E-state index >= 15 is 0 Å². The number of nitrogens with zero attached hydrogens (tertiary/aromatic N) is 2. The molecule has 178 valence electrons. The van der Waals surface area contributed by atoms with Gasteiger partial charge in [0.15, 0.2) is 0 Å². The summed E-state index contributed by atoms with van der Waals surface area (Å²) in [5, 5.41) is 2.33. The molecule has 1 aliphatic heterocycles. The number of ketones is 1. The van der Waals surface area contributed by atoms with Crippen molar-refractivity contribution in [1.82, 2.24) is 15.1 Å². The van der Waals surface area contributed by atoms with Crippen molar-refractivity contribution in [2.75, 3.05) is 32.9 Å². The van der Waals surface area contributed by atoms with Crippen molar-refractivity contribution in [3.8, 4) is 0 Å². The van der Waals surface area contributed by atoms with Crippen LogP contribution in [0, 0.1) is 0 Å². The molecule has 0 saturated carbocycles. The Labute approximate surface area is 189 Å². The van der Waals surface area contributed by atoms with E-state index in [1.165, 1.54) is 42.6 Å². The number of amides is 4. The van der Waals surface area contributed by atoms with Gasteiger partial charge in [-0.15, -0.1) is 11.8 Å². The van der Waals surface area contributed by atoms with Gasteiger partial charge in [-0.2, -0.15) is 0 Å². The predicted octanol–water partition coefficient (Wildman–Crippen LogP) is 0.945. The first-order valence-corrected chi connectivity index (χ1v) is 11.9. The van der Waals surface area contributed by atoms with E-state index in [9.17, 15) is 24.0 Å². The van der Waals surface area contributed by atoms with Gasteiger partial charge in [0.05, 0.1) is 5.25 Å². The largest absolute Gasteiger partial charge is 0.353 e. The van der Waals surface area contributed by atoms with Crippen LogP contribution < -0.4 is 11.1 Å². The normalized spacial score (nSPS) is 16.5. The smallest absolute Gasteiger partial charge is 0.243 e. The van der Waals surface area contributed by atoms with Gasteiger partial charge in [0.1, 0.15) is 11.8 Å². The van der Waals surface area contributed by atoms with Crippen molar-refractivity contribution in [1.29, 1.82) is 0 Å². The lowest BCUT2D eigenvalue weighted by molar-refractivity contribution is -0.140. The van der Waals surface area contributed by atoms with Crippen LogP contribution in [0.1, 0.15) is 59.3 Å². The molecule has 1 rings (SSSR count). The number of Topliss-reactive ketones (excluding diaryl/α,β-unsaturated/α-hetero) is 1. The minimum absolute atomic E-state index is 0.0299. The summed E-state index contributed by atoms with van der Waals surface area (Å²) in [5.74, 6) is -0.266. The second-order valence-electron chi connectivity index (χ2n) is 7.17. The zero-order chi connectivity index (χ0) is 24.0. The first-order chi connectivity index (χ1) is 14.7. The molecule has 3 N–H and O–H groups in total. The van der Waals surface area contributed by atoms with Crippen molar-refractivity contribution >= 4 is 41.2 Å². The first kappa shape index (κ1) is 29.1. The summed E-state index contributed by atoms with van der Waals surface area (Å²) in [6.07, 6.45) is 2.79. The van der Waals surface area contributed by atoms with E-state index < -0.39 is 6.04 Å². The van der Waals surface area contributed by atoms with Crippen LogP contribution >= 0.6 is 11.8 Å². The summed E-state index contributed by atoms with van der Waals surface area (Å²) < 4.78 is 0. The zero-order valence-corrected chi connectivity index (χ0v) is 20.3. The molecule has 0 aromatic rings. The molecule has 1 fully saturated rings. The lowest BCUT2D eigenvalue weighted by atomic mass is 10.1. The summed E-state index contributed by atoms with van der Waals surface area (Å²) in [5.41, 5.74) is 5.38. The van der Waals surface area contributed by atoms with Crippen molar-refractivity contribution in [3.63, 3.8) is 0 Å². The Hall–Kier alpha value is -1.94. The Morgan fingerprint density at radius 1 is 1.23 bits per heavy atom. The highest BCUT2D eigenvalue weighted by Gasteiger charge is 2.35. The fourth-order valence-electron chi connectivity index (χ4n) is 2.97. The maximum absolute atomic E-state index is 12.4. The van der Waals surface area contributed by atoms with Crippen LogP contribution in [-0.2, 0) is 24.0 Å². The molecule has 1 unspecified atom stereocenters. The fourth-order valence-corrected chi connectivity index (χ4v) is 4.19. The minimum atomic E-state index is -0.829. The van der Waals surface area contributed by atoms with Gasteiger partial charge in [0.25, 0.3) is 0 Å². The number of likely N-dealkylation sites (tertiary alicyclic amines) is 1. The third-order valence-electron chi connectivity index (χ3n) is 4.78. The summed E-state index contributed by atoms with van der Waals surface area (Å²) in [6, 6.07) is -0.829. The van der Waals surface area contributed by atoms with Crippen LogP contribution in [0.25, 0.3) is 0 Å². The van der Waals surface area contributed by atoms with Crippen molar-refractivity contribution < 1.29 is 24.0 Å². The van der Waals surface area contributed by atoms with Crippen molar-refractivity contribution in [2.24, 2.45) is 5.73 Å². The molecule has 0 aromatic heterocycles. The lowest BCUT2D eigenvalue weighted by Crippen LogP contribution is -2.49. The fraction of sp³-hybridized carbons (Fsp3) is 0.762. The molecule has 0 radical (unpaired) electrons.